The van der Waals surface area contributed by atoms with Crippen molar-refractivity contribution in [1.29, 1.82) is 0 Å². The molecule has 194 valence electrons. The average molecular weight is 530 g/mol. The molecule has 0 radical (unpaired) electrons. The SMILES string of the molecule is CCOC(C)=NNC(=O)c1cnn(Cc2ccccc2NC(=S)Nc2ccc(-c3ccccc3)nn2)c1N. The zero-order valence-corrected chi connectivity index (χ0v) is 21.7. The van der Waals surface area contributed by atoms with Crippen molar-refractivity contribution in [3.63, 3.8) is 0 Å². The van der Waals surface area contributed by atoms with E-state index in [-0.39, 0.29) is 11.4 Å². The number of amides is 1. The Morgan fingerprint density at radius 2 is 1.82 bits per heavy atom. The molecule has 0 atom stereocenters. The van der Waals surface area contributed by atoms with Crippen molar-refractivity contribution < 1.29 is 9.53 Å². The second-order valence-corrected chi connectivity index (χ2v) is 8.42. The molecule has 0 fully saturated rings. The van der Waals surface area contributed by atoms with Crippen LogP contribution in [0.5, 0.6) is 0 Å². The summed E-state index contributed by atoms with van der Waals surface area (Å²) in [5.41, 5.74) is 12.2. The number of anilines is 3. The summed E-state index contributed by atoms with van der Waals surface area (Å²) >= 11 is 5.49. The van der Waals surface area contributed by atoms with Gasteiger partial charge in [-0.15, -0.1) is 15.3 Å². The van der Waals surface area contributed by atoms with E-state index >= 15 is 0 Å². The maximum Gasteiger partial charge on any atom is 0.276 e. The standard InChI is InChI=1S/C26H27N9O2S/c1-3-37-17(2)31-34-25(36)20-15-28-35(24(20)27)16-19-11-7-8-12-21(19)29-26(38)30-23-14-13-22(32-33-23)18-9-5-4-6-10-18/h4-15H,3,16,27H2,1-2H3,(H,34,36)(H2,29,30,33,38). The van der Waals surface area contributed by atoms with Gasteiger partial charge >= 0.3 is 0 Å². The van der Waals surface area contributed by atoms with E-state index in [1.54, 1.807) is 6.92 Å². The number of carbonyl (C=O) groups is 1. The monoisotopic (exact) mass is 529 g/mol. The molecule has 0 spiro atoms. The van der Waals surface area contributed by atoms with Gasteiger partial charge in [-0.2, -0.15) is 5.10 Å². The van der Waals surface area contributed by atoms with Crippen molar-refractivity contribution in [3.05, 3.63) is 84.1 Å². The van der Waals surface area contributed by atoms with Crippen LogP contribution in [0.25, 0.3) is 11.3 Å². The fourth-order valence-electron chi connectivity index (χ4n) is 3.50. The number of nitrogen functional groups attached to an aromatic ring is 1. The highest BCUT2D eigenvalue weighted by Crippen LogP contribution is 2.20. The Bertz CT molecular complexity index is 1440. The Labute approximate surface area is 225 Å². The number of nitrogens with zero attached hydrogens (tertiary/aromatic N) is 5. The zero-order chi connectivity index (χ0) is 26.9. The fraction of sp³-hybridized carbons (Fsp3) is 0.154. The summed E-state index contributed by atoms with van der Waals surface area (Å²) in [7, 11) is 0. The van der Waals surface area contributed by atoms with E-state index in [9.17, 15) is 4.79 Å². The molecule has 0 aliphatic carbocycles. The van der Waals surface area contributed by atoms with Crippen LogP contribution in [0.3, 0.4) is 0 Å². The highest BCUT2D eigenvalue weighted by molar-refractivity contribution is 7.80. The Hall–Kier alpha value is -4.84. The molecule has 2 aromatic carbocycles. The van der Waals surface area contributed by atoms with Crippen LogP contribution in [0.4, 0.5) is 17.3 Å². The molecule has 4 rings (SSSR count). The summed E-state index contributed by atoms with van der Waals surface area (Å²) in [5, 5.41) is 23.2. The molecular weight excluding hydrogens is 502 g/mol. The Balaban J connectivity index is 1.40. The number of thiocarbonyl (C=S) groups is 1. The number of ether oxygens (including phenoxy) is 1. The van der Waals surface area contributed by atoms with Crippen molar-refractivity contribution >= 4 is 46.5 Å². The van der Waals surface area contributed by atoms with Gasteiger partial charge in [0, 0.05) is 18.2 Å². The first-order chi connectivity index (χ1) is 18.4. The third-order valence-electron chi connectivity index (χ3n) is 5.35. The topological polar surface area (TPSA) is 144 Å². The summed E-state index contributed by atoms with van der Waals surface area (Å²) in [6.45, 7) is 4.23. The lowest BCUT2D eigenvalue weighted by atomic mass is 10.1. The van der Waals surface area contributed by atoms with Crippen LogP contribution < -0.4 is 21.8 Å². The Kier molecular flexibility index (Phi) is 8.57. The van der Waals surface area contributed by atoms with Gasteiger partial charge in [-0.25, -0.2) is 10.1 Å². The average Bonchev–Trinajstić information content (AvgIpc) is 3.29. The van der Waals surface area contributed by atoms with Crippen molar-refractivity contribution in [2.24, 2.45) is 5.10 Å². The largest absolute Gasteiger partial charge is 0.480 e. The van der Waals surface area contributed by atoms with Crippen molar-refractivity contribution in [2.75, 3.05) is 23.0 Å². The van der Waals surface area contributed by atoms with Crippen molar-refractivity contribution in [2.45, 2.75) is 20.4 Å². The van der Waals surface area contributed by atoms with Crippen LogP contribution in [0.15, 0.2) is 78.0 Å². The number of hydrogen-bond donors (Lipinski definition) is 4. The van der Waals surface area contributed by atoms with Crippen LogP contribution in [0.1, 0.15) is 29.8 Å². The van der Waals surface area contributed by atoms with Gasteiger partial charge in [-0.3, -0.25) is 4.79 Å². The first-order valence-electron chi connectivity index (χ1n) is 11.8. The van der Waals surface area contributed by atoms with Gasteiger partial charge in [0.05, 0.1) is 25.0 Å². The van der Waals surface area contributed by atoms with E-state index in [0.29, 0.717) is 30.0 Å². The Morgan fingerprint density at radius 3 is 2.55 bits per heavy atom. The summed E-state index contributed by atoms with van der Waals surface area (Å²) in [5.74, 6) is 0.573. The van der Waals surface area contributed by atoms with Crippen LogP contribution in [0.2, 0.25) is 0 Å². The predicted octanol–water partition coefficient (Wildman–Crippen LogP) is 3.88. The maximum absolute atomic E-state index is 12.5. The molecule has 5 N–H and O–H groups in total. The minimum atomic E-state index is -0.482. The normalized spacial score (nSPS) is 11.1. The molecule has 1 amide bonds. The smallest absolute Gasteiger partial charge is 0.276 e. The molecule has 11 nitrogen and oxygen atoms in total. The highest BCUT2D eigenvalue weighted by Gasteiger charge is 2.16. The van der Waals surface area contributed by atoms with Gasteiger partial charge < -0.3 is 21.1 Å². The second kappa shape index (κ2) is 12.4. The number of nitrogens with one attached hydrogen (secondary N) is 3. The molecular formula is C26H27N9O2S. The first kappa shape index (κ1) is 26.2. The van der Waals surface area contributed by atoms with E-state index in [4.69, 9.17) is 22.7 Å². The third-order valence-corrected chi connectivity index (χ3v) is 5.56. The quantitative estimate of drug-likeness (QED) is 0.116. The number of benzene rings is 2. The van der Waals surface area contributed by atoms with Crippen molar-refractivity contribution in [3.8, 4) is 11.3 Å². The van der Waals surface area contributed by atoms with Crippen molar-refractivity contribution in [1.82, 2.24) is 25.4 Å². The lowest BCUT2D eigenvalue weighted by Gasteiger charge is -2.14. The minimum Gasteiger partial charge on any atom is -0.480 e. The molecule has 0 saturated heterocycles. The predicted molar refractivity (Wildman–Crippen MR) is 152 cm³/mol. The van der Waals surface area contributed by atoms with Gasteiger partial charge in [-0.1, -0.05) is 48.5 Å². The number of hydrazone groups is 1. The number of hydrogen-bond acceptors (Lipinski definition) is 8. The van der Waals surface area contributed by atoms with E-state index in [1.165, 1.54) is 10.9 Å². The van der Waals surface area contributed by atoms with E-state index in [0.717, 1.165) is 22.5 Å². The maximum atomic E-state index is 12.5. The highest BCUT2D eigenvalue weighted by atomic mass is 32.1. The van der Waals surface area contributed by atoms with Gasteiger partial charge in [0.2, 0.25) is 5.90 Å². The van der Waals surface area contributed by atoms with Crippen LogP contribution >= 0.6 is 12.2 Å². The van der Waals surface area contributed by atoms with E-state index in [2.05, 4.69) is 36.5 Å². The summed E-state index contributed by atoms with van der Waals surface area (Å²) in [6.07, 6.45) is 1.40. The van der Waals surface area contributed by atoms with E-state index in [1.807, 2.05) is 73.7 Å². The molecule has 0 saturated carbocycles. The van der Waals surface area contributed by atoms with Gasteiger partial charge in [0.15, 0.2) is 10.9 Å². The number of rotatable bonds is 8. The molecule has 4 aromatic rings. The van der Waals surface area contributed by atoms with Gasteiger partial charge in [0.1, 0.15) is 11.4 Å². The molecule has 0 aliphatic rings. The first-order valence-corrected chi connectivity index (χ1v) is 12.2. The molecule has 38 heavy (non-hydrogen) atoms. The molecule has 0 aliphatic heterocycles. The zero-order valence-electron chi connectivity index (χ0n) is 20.9. The summed E-state index contributed by atoms with van der Waals surface area (Å²) in [4.78, 5) is 12.5. The molecule has 0 unspecified atom stereocenters. The third kappa shape index (κ3) is 6.68. The van der Waals surface area contributed by atoms with Crippen LogP contribution in [-0.4, -0.2) is 43.5 Å². The van der Waals surface area contributed by atoms with Gasteiger partial charge in [-0.05, 0) is 42.9 Å². The number of aromatic nitrogens is 4. The Morgan fingerprint density at radius 1 is 1.05 bits per heavy atom. The molecule has 2 heterocycles. The van der Waals surface area contributed by atoms with Crippen LogP contribution in [-0.2, 0) is 11.3 Å². The fourth-order valence-corrected chi connectivity index (χ4v) is 3.71. The molecule has 2 aromatic heterocycles. The number of nitrogens with two attached hydrogens (primary N) is 1. The minimum absolute atomic E-state index is 0.205. The van der Waals surface area contributed by atoms with Crippen LogP contribution in [0, 0.1) is 0 Å². The van der Waals surface area contributed by atoms with Gasteiger partial charge in [0.25, 0.3) is 5.91 Å². The van der Waals surface area contributed by atoms with E-state index < -0.39 is 5.91 Å². The number of carbonyl (C=O) groups excluding carboxylic acids is 1. The lowest BCUT2D eigenvalue weighted by molar-refractivity contribution is 0.0953. The summed E-state index contributed by atoms with van der Waals surface area (Å²) < 4.78 is 6.73. The number of para-hydroxylation sites is 1. The second-order valence-electron chi connectivity index (χ2n) is 8.01. The molecule has 0 bridgehead atoms. The lowest BCUT2D eigenvalue weighted by Crippen LogP contribution is -2.22. The summed E-state index contributed by atoms with van der Waals surface area (Å²) in [6, 6.07) is 21.0. The molecule has 12 heteroatoms.